The van der Waals surface area contributed by atoms with Crippen LogP contribution < -0.4 is 5.32 Å². The van der Waals surface area contributed by atoms with Gasteiger partial charge in [-0.05, 0) is 27.7 Å². The molecule has 0 saturated heterocycles. The van der Waals surface area contributed by atoms with Crippen LogP contribution in [0.15, 0.2) is 0 Å². The Morgan fingerprint density at radius 3 is 2.82 bits per heavy atom. The van der Waals surface area contributed by atoms with E-state index in [1.807, 2.05) is 32.3 Å². The van der Waals surface area contributed by atoms with Gasteiger partial charge in [-0.3, -0.25) is 10.1 Å². The van der Waals surface area contributed by atoms with E-state index in [1.165, 1.54) is 0 Å². The van der Waals surface area contributed by atoms with Crippen molar-refractivity contribution < 1.29 is 9.53 Å². The fraction of sp³-hybridized carbons (Fsp3) is 0.727. The molecule has 0 fully saturated rings. The standard InChI is InChI=1S/C11H18N4O2/c1-7-13-14-9-5-12-8(6-15(7)9)10(16)17-11(2,3)4/h8,12H,5-6H2,1-4H3. The minimum Gasteiger partial charge on any atom is -0.459 e. The van der Waals surface area contributed by atoms with Crippen LogP contribution in [0.1, 0.15) is 32.4 Å². The lowest BCUT2D eigenvalue weighted by molar-refractivity contribution is -0.158. The zero-order valence-electron chi connectivity index (χ0n) is 10.6. The third-order valence-corrected chi connectivity index (χ3v) is 2.58. The lowest BCUT2D eigenvalue weighted by Crippen LogP contribution is -2.47. The van der Waals surface area contributed by atoms with Crippen molar-refractivity contribution in [2.45, 2.75) is 52.4 Å². The highest BCUT2D eigenvalue weighted by Gasteiger charge is 2.29. The van der Waals surface area contributed by atoms with E-state index in [0.717, 1.165) is 11.6 Å². The molecule has 0 radical (unpaired) electrons. The molecule has 6 heteroatoms. The summed E-state index contributed by atoms with van der Waals surface area (Å²) in [7, 11) is 0. The van der Waals surface area contributed by atoms with E-state index in [-0.39, 0.29) is 12.0 Å². The van der Waals surface area contributed by atoms with Gasteiger partial charge in [-0.25, -0.2) is 0 Å². The number of aromatic nitrogens is 3. The Balaban J connectivity index is 2.07. The second kappa shape index (κ2) is 4.10. The van der Waals surface area contributed by atoms with Crippen molar-refractivity contribution in [3.05, 3.63) is 11.6 Å². The summed E-state index contributed by atoms with van der Waals surface area (Å²) in [6.07, 6.45) is 0. The number of carbonyl (C=O) groups is 1. The maximum Gasteiger partial charge on any atom is 0.325 e. The predicted octanol–water partition coefficient (Wildman–Crippen LogP) is 0.400. The van der Waals surface area contributed by atoms with Crippen molar-refractivity contribution in [2.24, 2.45) is 0 Å². The number of aryl methyl sites for hydroxylation is 1. The number of ether oxygens (including phenoxy) is 1. The molecule has 0 aromatic carbocycles. The number of carbonyl (C=O) groups excluding carboxylic acids is 1. The first-order chi connectivity index (χ1) is 7.87. The molecule has 1 aromatic rings. The number of fused-ring (bicyclic) bond motifs is 1. The molecule has 0 amide bonds. The molecule has 0 saturated carbocycles. The summed E-state index contributed by atoms with van der Waals surface area (Å²) in [5.41, 5.74) is -0.457. The third-order valence-electron chi connectivity index (χ3n) is 2.58. The van der Waals surface area contributed by atoms with Crippen LogP contribution in [0.4, 0.5) is 0 Å². The van der Waals surface area contributed by atoms with E-state index in [0.29, 0.717) is 13.1 Å². The molecule has 2 heterocycles. The Labute approximate surface area is 100 Å². The minimum atomic E-state index is -0.457. The zero-order chi connectivity index (χ0) is 12.6. The van der Waals surface area contributed by atoms with Crippen molar-refractivity contribution in [2.75, 3.05) is 0 Å². The first kappa shape index (κ1) is 12.0. The highest BCUT2D eigenvalue weighted by atomic mass is 16.6. The molecule has 0 bridgehead atoms. The van der Waals surface area contributed by atoms with Crippen molar-refractivity contribution >= 4 is 5.97 Å². The molecule has 1 aromatic heterocycles. The molecule has 1 unspecified atom stereocenters. The van der Waals surface area contributed by atoms with Crippen LogP contribution in [0.25, 0.3) is 0 Å². The van der Waals surface area contributed by atoms with E-state index < -0.39 is 5.60 Å². The van der Waals surface area contributed by atoms with Crippen LogP contribution in [0.5, 0.6) is 0 Å². The summed E-state index contributed by atoms with van der Waals surface area (Å²) >= 11 is 0. The summed E-state index contributed by atoms with van der Waals surface area (Å²) < 4.78 is 7.30. The number of esters is 1. The van der Waals surface area contributed by atoms with Gasteiger partial charge in [0.05, 0.1) is 13.1 Å². The average Bonchev–Trinajstić information content (AvgIpc) is 2.57. The number of nitrogens with one attached hydrogen (secondary N) is 1. The summed E-state index contributed by atoms with van der Waals surface area (Å²) in [5.74, 6) is 1.47. The highest BCUT2D eigenvalue weighted by molar-refractivity contribution is 5.76. The van der Waals surface area contributed by atoms with Crippen LogP contribution >= 0.6 is 0 Å². The van der Waals surface area contributed by atoms with E-state index in [4.69, 9.17) is 4.74 Å². The Kier molecular flexibility index (Phi) is 2.91. The normalized spacial score (nSPS) is 19.9. The first-order valence-corrected chi connectivity index (χ1v) is 5.72. The molecular weight excluding hydrogens is 220 g/mol. The highest BCUT2D eigenvalue weighted by Crippen LogP contribution is 2.13. The lowest BCUT2D eigenvalue weighted by atomic mass is 10.1. The Morgan fingerprint density at radius 1 is 1.47 bits per heavy atom. The molecule has 1 atom stereocenters. The van der Waals surface area contributed by atoms with Crippen LogP contribution in [0.2, 0.25) is 0 Å². The SMILES string of the molecule is Cc1nnc2n1CC(C(=O)OC(C)(C)C)NC2. The summed E-state index contributed by atoms with van der Waals surface area (Å²) in [6.45, 7) is 8.55. The molecule has 1 N–H and O–H groups in total. The summed E-state index contributed by atoms with van der Waals surface area (Å²) in [6, 6.07) is -0.323. The lowest BCUT2D eigenvalue weighted by Gasteiger charge is -2.27. The molecule has 17 heavy (non-hydrogen) atoms. The quantitative estimate of drug-likeness (QED) is 0.717. The first-order valence-electron chi connectivity index (χ1n) is 5.72. The van der Waals surface area contributed by atoms with Crippen LogP contribution in [-0.2, 0) is 22.6 Å². The zero-order valence-corrected chi connectivity index (χ0v) is 10.6. The third kappa shape index (κ3) is 2.63. The summed E-state index contributed by atoms with van der Waals surface area (Å²) in [4.78, 5) is 11.9. The Bertz CT molecular complexity index is 433. The van der Waals surface area contributed by atoms with Crippen LogP contribution in [-0.4, -0.2) is 32.4 Å². The number of hydrogen-bond donors (Lipinski definition) is 1. The maximum absolute atomic E-state index is 11.9. The van der Waals surface area contributed by atoms with E-state index >= 15 is 0 Å². The van der Waals surface area contributed by atoms with Crippen molar-refractivity contribution in [1.82, 2.24) is 20.1 Å². The molecule has 94 valence electrons. The molecule has 6 nitrogen and oxygen atoms in total. The van der Waals surface area contributed by atoms with Gasteiger partial charge in [0.25, 0.3) is 0 Å². The average molecular weight is 238 g/mol. The van der Waals surface area contributed by atoms with Crippen molar-refractivity contribution in [3.63, 3.8) is 0 Å². The largest absolute Gasteiger partial charge is 0.459 e. The molecule has 0 spiro atoms. The maximum atomic E-state index is 11.9. The van der Waals surface area contributed by atoms with Gasteiger partial charge in [-0.2, -0.15) is 0 Å². The van der Waals surface area contributed by atoms with Crippen LogP contribution in [0, 0.1) is 6.92 Å². The topological polar surface area (TPSA) is 69.0 Å². The van der Waals surface area contributed by atoms with Gasteiger partial charge >= 0.3 is 5.97 Å². The second-order valence-corrected chi connectivity index (χ2v) is 5.24. The monoisotopic (exact) mass is 238 g/mol. The van der Waals surface area contributed by atoms with Gasteiger partial charge in [0.2, 0.25) is 0 Å². The van der Waals surface area contributed by atoms with Gasteiger partial charge < -0.3 is 9.30 Å². The van der Waals surface area contributed by atoms with Gasteiger partial charge in [0.1, 0.15) is 23.3 Å². The molecule has 1 aliphatic rings. The Hall–Kier alpha value is -1.43. The van der Waals surface area contributed by atoms with Crippen LogP contribution in [0.3, 0.4) is 0 Å². The number of nitrogens with zero attached hydrogens (tertiary/aromatic N) is 3. The van der Waals surface area contributed by atoms with E-state index in [1.54, 1.807) is 0 Å². The van der Waals surface area contributed by atoms with Gasteiger partial charge in [0.15, 0.2) is 0 Å². The molecule has 0 aliphatic carbocycles. The summed E-state index contributed by atoms with van der Waals surface area (Å²) in [5, 5.41) is 11.1. The fourth-order valence-corrected chi connectivity index (χ4v) is 1.79. The van der Waals surface area contributed by atoms with E-state index in [9.17, 15) is 4.79 Å². The number of rotatable bonds is 1. The fourth-order valence-electron chi connectivity index (χ4n) is 1.79. The Morgan fingerprint density at radius 2 is 2.18 bits per heavy atom. The second-order valence-electron chi connectivity index (χ2n) is 5.24. The predicted molar refractivity (Wildman–Crippen MR) is 61.2 cm³/mol. The smallest absolute Gasteiger partial charge is 0.325 e. The van der Waals surface area contributed by atoms with Gasteiger partial charge in [0, 0.05) is 0 Å². The van der Waals surface area contributed by atoms with Gasteiger partial charge in [-0.15, -0.1) is 10.2 Å². The van der Waals surface area contributed by atoms with Gasteiger partial charge in [-0.1, -0.05) is 0 Å². The van der Waals surface area contributed by atoms with Crippen molar-refractivity contribution in [3.8, 4) is 0 Å². The van der Waals surface area contributed by atoms with Crippen molar-refractivity contribution in [1.29, 1.82) is 0 Å². The molecular formula is C11H18N4O2. The minimum absolute atomic E-state index is 0.226. The van der Waals surface area contributed by atoms with E-state index in [2.05, 4.69) is 15.5 Å². The molecule has 1 aliphatic heterocycles. The molecule has 2 rings (SSSR count). The number of hydrogen-bond acceptors (Lipinski definition) is 5.